The molecule has 0 unspecified atom stereocenters. The number of nitrogens with zero attached hydrogens (tertiary/aromatic N) is 1. The zero-order valence-corrected chi connectivity index (χ0v) is 14.7. The van der Waals surface area contributed by atoms with Crippen molar-refractivity contribution >= 4 is 17.7 Å². The first-order valence-corrected chi connectivity index (χ1v) is 8.57. The lowest BCUT2D eigenvalue weighted by Crippen LogP contribution is -2.19. The average molecular weight is 330 g/mol. The number of hydrogen-bond acceptors (Lipinski definition) is 4. The number of rotatable bonds is 6. The molecule has 0 aromatic heterocycles. The highest BCUT2D eigenvalue weighted by Crippen LogP contribution is 2.28. The van der Waals surface area contributed by atoms with E-state index in [0.717, 1.165) is 17.1 Å². The van der Waals surface area contributed by atoms with Crippen molar-refractivity contribution in [3.8, 4) is 11.5 Å². The van der Waals surface area contributed by atoms with E-state index in [1.807, 2.05) is 61.6 Å². The predicted octanol–water partition coefficient (Wildman–Crippen LogP) is 3.62. The Morgan fingerprint density at radius 1 is 1.17 bits per heavy atom. The summed E-state index contributed by atoms with van der Waals surface area (Å²) in [6.07, 6.45) is 2.04. The minimum atomic E-state index is -0.0964. The van der Waals surface area contributed by atoms with Gasteiger partial charge in [0.15, 0.2) is 0 Å². The van der Waals surface area contributed by atoms with Crippen molar-refractivity contribution in [2.24, 2.45) is 0 Å². The minimum Gasteiger partial charge on any atom is -0.457 e. The molecule has 0 heterocycles. The summed E-state index contributed by atoms with van der Waals surface area (Å²) in [7, 11) is 5.61. The van der Waals surface area contributed by atoms with Gasteiger partial charge in [0.05, 0.1) is 0 Å². The van der Waals surface area contributed by atoms with Crippen LogP contribution in [0.4, 0.5) is 0 Å². The summed E-state index contributed by atoms with van der Waals surface area (Å²) in [5, 5.41) is 2.65. The fraction of sp³-hybridized carbons (Fsp3) is 0.278. The molecule has 2 aromatic carbocycles. The number of amides is 1. The fourth-order valence-corrected chi connectivity index (χ4v) is 2.61. The predicted molar refractivity (Wildman–Crippen MR) is 95.5 cm³/mol. The van der Waals surface area contributed by atoms with Crippen molar-refractivity contribution in [3.63, 3.8) is 0 Å². The zero-order valence-electron chi connectivity index (χ0n) is 13.9. The third-order valence-electron chi connectivity index (χ3n) is 3.32. The Kier molecular flexibility index (Phi) is 6.07. The van der Waals surface area contributed by atoms with Crippen molar-refractivity contribution in [2.75, 3.05) is 27.4 Å². The van der Waals surface area contributed by atoms with Crippen molar-refractivity contribution in [1.82, 2.24) is 10.2 Å². The molecule has 0 fully saturated rings. The van der Waals surface area contributed by atoms with Gasteiger partial charge in [-0.05, 0) is 62.8 Å². The van der Waals surface area contributed by atoms with E-state index in [1.54, 1.807) is 24.9 Å². The average Bonchev–Trinajstić information content (AvgIpc) is 2.56. The third-order valence-corrected chi connectivity index (χ3v) is 4.07. The van der Waals surface area contributed by atoms with Gasteiger partial charge >= 0.3 is 0 Å². The maximum absolute atomic E-state index is 11.8. The van der Waals surface area contributed by atoms with E-state index in [0.29, 0.717) is 12.1 Å². The summed E-state index contributed by atoms with van der Waals surface area (Å²) in [6, 6.07) is 13.5. The van der Waals surface area contributed by atoms with E-state index in [-0.39, 0.29) is 5.91 Å². The van der Waals surface area contributed by atoms with E-state index < -0.39 is 0 Å². The molecule has 2 aromatic rings. The van der Waals surface area contributed by atoms with Gasteiger partial charge in [-0.25, -0.2) is 0 Å². The van der Waals surface area contributed by atoms with E-state index in [1.165, 1.54) is 4.90 Å². The summed E-state index contributed by atoms with van der Waals surface area (Å²) < 4.78 is 6.01. The first-order chi connectivity index (χ1) is 11.0. The molecule has 4 nitrogen and oxygen atoms in total. The Bertz CT molecular complexity index is 669. The first-order valence-electron chi connectivity index (χ1n) is 7.35. The van der Waals surface area contributed by atoms with E-state index in [2.05, 4.69) is 5.32 Å². The Labute approximate surface area is 141 Å². The molecule has 0 aliphatic rings. The quantitative estimate of drug-likeness (QED) is 0.822. The van der Waals surface area contributed by atoms with Gasteiger partial charge < -0.3 is 15.0 Å². The molecule has 0 atom stereocenters. The molecule has 2 rings (SSSR count). The minimum absolute atomic E-state index is 0.0964. The number of thioether (sulfide) groups is 1. The Morgan fingerprint density at radius 3 is 2.43 bits per heavy atom. The second-order valence-electron chi connectivity index (χ2n) is 5.42. The standard InChI is InChI=1S/C18H22N2O2S/c1-19-18(21)13-5-10-17(14(11-13)12-20(2)3)22-15-6-8-16(23-4)9-7-15/h5-11H,12H2,1-4H3,(H,19,21). The van der Waals surface area contributed by atoms with Crippen LogP contribution in [-0.4, -0.2) is 38.2 Å². The second-order valence-corrected chi connectivity index (χ2v) is 6.30. The lowest BCUT2D eigenvalue weighted by Gasteiger charge is -2.16. The molecule has 0 spiro atoms. The number of carbonyl (C=O) groups is 1. The molecule has 0 aliphatic heterocycles. The van der Waals surface area contributed by atoms with Crippen molar-refractivity contribution in [2.45, 2.75) is 11.4 Å². The van der Waals surface area contributed by atoms with Crippen LogP contribution >= 0.6 is 11.8 Å². The van der Waals surface area contributed by atoms with Gasteiger partial charge in [-0.3, -0.25) is 4.79 Å². The molecular weight excluding hydrogens is 308 g/mol. The van der Waals surface area contributed by atoms with Gasteiger partial charge in [-0.2, -0.15) is 0 Å². The topological polar surface area (TPSA) is 41.6 Å². The van der Waals surface area contributed by atoms with Crippen LogP contribution in [-0.2, 0) is 6.54 Å². The summed E-state index contributed by atoms with van der Waals surface area (Å²) >= 11 is 1.70. The summed E-state index contributed by atoms with van der Waals surface area (Å²) in [5.74, 6) is 1.46. The van der Waals surface area contributed by atoms with Gasteiger partial charge in [0.25, 0.3) is 5.91 Å². The van der Waals surface area contributed by atoms with Crippen molar-refractivity contribution in [1.29, 1.82) is 0 Å². The smallest absolute Gasteiger partial charge is 0.251 e. The van der Waals surface area contributed by atoms with Crippen molar-refractivity contribution in [3.05, 3.63) is 53.6 Å². The SMILES string of the molecule is CNC(=O)c1ccc(Oc2ccc(SC)cc2)c(CN(C)C)c1. The monoisotopic (exact) mass is 330 g/mol. The molecule has 0 radical (unpaired) electrons. The molecule has 0 bridgehead atoms. The lowest BCUT2D eigenvalue weighted by atomic mass is 10.1. The van der Waals surface area contributed by atoms with E-state index in [4.69, 9.17) is 4.74 Å². The number of ether oxygens (including phenoxy) is 1. The van der Waals surface area contributed by atoms with Crippen LogP contribution in [0.1, 0.15) is 15.9 Å². The lowest BCUT2D eigenvalue weighted by molar-refractivity contribution is 0.0963. The van der Waals surface area contributed by atoms with Crippen LogP contribution in [0.25, 0.3) is 0 Å². The highest BCUT2D eigenvalue weighted by atomic mass is 32.2. The Balaban J connectivity index is 2.29. The molecule has 122 valence electrons. The number of nitrogens with one attached hydrogen (secondary N) is 1. The van der Waals surface area contributed by atoms with E-state index >= 15 is 0 Å². The summed E-state index contributed by atoms with van der Waals surface area (Å²) in [6.45, 7) is 0.697. The van der Waals surface area contributed by atoms with Gasteiger partial charge in [0.1, 0.15) is 11.5 Å². The van der Waals surface area contributed by atoms with Crippen LogP contribution in [0.15, 0.2) is 47.4 Å². The maximum atomic E-state index is 11.8. The van der Waals surface area contributed by atoms with Gasteiger partial charge in [-0.15, -0.1) is 11.8 Å². The molecule has 0 aliphatic carbocycles. The van der Waals surface area contributed by atoms with Gasteiger partial charge in [-0.1, -0.05) is 0 Å². The number of benzene rings is 2. The highest BCUT2D eigenvalue weighted by Gasteiger charge is 2.11. The molecule has 23 heavy (non-hydrogen) atoms. The first kappa shape index (κ1) is 17.4. The molecule has 0 saturated carbocycles. The zero-order chi connectivity index (χ0) is 16.8. The third kappa shape index (κ3) is 4.74. The Hall–Kier alpha value is -1.98. The molecular formula is C18H22N2O2S. The van der Waals surface area contributed by atoms with Crippen molar-refractivity contribution < 1.29 is 9.53 Å². The Morgan fingerprint density at radius 2 is 1.87 bits per heavy atom. The maximum Gasteiger partial charge on any atom is 0.251 e. The summed E-state index contributed by atoms with van der Waals surface area (Å²) in [5.41, 5.74) is 1.61. The number of hydrogen-bond donors (Lipinski definition) is 1. The normalized spacial score (nSPS) is 10.7. The van der Waals surface area contributed by atoms with E-state index in [9.17, 15) is 4.79 Å². The van der Waals surface area contributed by atoms with Gasteiger partial charge in [0, 0.05) is 29.6 Å². The fourth-order valence-electron chi connectivity index (χ4n) is 2.20. The second kappa shape index (κ2) is 8.04. The molecule has 1 amide bonds. The number of carbonyl (C=O) groups excluding carboxylic acids is 1. The van der Waals surface area contributed by atoms with Gasteiger partial charge in [0.2, 0.25) is 0 Å². The molecule has 1 N–H and O–H groups in total. The summed E-state index contributed by atoms with van der Waals surface area (Å²) in [4.78, 5) is 15.1. The molecule has 5 heteroatoms. The van der Waals surface area contributed by atoms with Crippen LogP contribution in [0.2, 0.25) is 0 Å². The highest BCUT2D eigenvalue weighted by molar-refractivity contribution is 7.98. The van der Waals surface area contributed by atoms with Crippen LogP contribution < -0.4 is 10.1 Å². The molecule has 0 saturated heterocycles. The largest absolute Gasteiger partial charge is 0.457 e. The van der Waals surface area contributed by atoms with Crippen LogP contribution in [0.3, 0.4) is 0 Å². The van der Waals surface area contributed by atoms with Crippen LogP contribution in [0.5, 0.6) is 11.5 Å². The van der Waals surface area contributed by atoms with Crippen LogP contribution in [0, 0.1) is 0 Å².